The highest BCUT2D eigenvalue weighted by molar-refractivity contribution is 5.60. The number of ether oxygens (including phenoxy) is 3. The molecule has 0 saturated carbocycles. The molecule has 0 aromatic heterocycles. The molecule has 0 spiro atoms. The summed E-state index contributed by atoms with van der Waals surface area (Å²) in [5.74, 6) is 0. The number of hydroxylamine groups is 1. The number of rotatable bonds is 10. The summed E-state index contributed by atoms with van der Waals surface area (Å²) in [4.78, 5) is 0. The van der Waals surface area contributed by atoms with Crippen LogP contribution in [0.3, 0.4) is 0 Å². The van der Waals surface area contributed by atoms with Crippen LogP contribution < -0.4 is 0 Å². The van der Waals surface area contributed by atoms with Crippen molar-refractivity contribution < 1.29 is 24.2 Å². The minimum absolute atomic E-state index is 0.326. The van der Waals surface area contributed by atoms with Crippen molar-refractivity contribution in [2.24, 2.45) is 0 Å². The lowest BCUT2D eigenvalue weighted by Gasteiger charge is -2.21. The number of benzene rings is 3. The molecule has 1 aliphatic rings. The molecule has 0 saturated heterocycles. The summed E-state index contributed by atoms with van der Waals surface area (Å²) in [5.41, 5.74) is 3.24. The van der Waals surface area contributed by atoms with E-state index in [1.54, 1.807) is 6.21 Å². The van der Waals surface area contributed by atoms with Crippen LogP contribution >= 0.6 is 0 Å². The standard InChI is InChI=1S/C26H28NO4/c28-27-16-25(30-18-22-12-6-2-7-13-22)26(31-19-23-14-8-3-9-15-23)24(27)20-29-17-21-10-4-1-5-11-21/h1-16,24-26,28H,17-20H2/q+1/t24-,25+,26+/m1/s1. The lowest BCUT2D eigenvalue weighted by Crippen LogP contribution is -2.41. The molecule has 1 heterocycles. The number of nitrogens with zero attached hydrogens (tertiary/aromatic N) is 1. The average Bonchev–Trinajstić information content (AvgIpc) is 3.12. The molecule has 0 amide bonds. The van der Waals surface area contributed by atoms with Crippen LogP contribution in [0.4, 0.5) is 0 Å². The molecule has 1 aliphatic heterocycles. The zero-order valence-corrected chi connectivity index (χ0v) is 17.4. The van der Waals surface area contributed by atoms with Crippen molar-refractivity contribution in [1.82, 2.24) is 0 Å². The zero-order valence-electron chi connectivity index (χ0n) is 17.4. The van der Waals surface area contributed by atoms with E-state index in [-0.39, 0.29) is 18.2 Å². The van der Waals surface area contributed by atoms with E-state index in [1.807, 2.05) is 91.0 Å². The third-order valence-electron chi connectivity index (χ3n) is 5.31. The molecule has 4 rings (SSSR count). The largest absolute Gasteiger partial charge is 0.370 e. The Morgan fingerprint density at radius 3 is 1.68 bits per heavy atom. The van der Waals surface area contributed by atoms with E-state index in [0.29, 0.717) is 26.4 Å². The Hall–Kier alpha value is -2.99. The van der Waals surface area contributed by atoms with Crippen molar-refractivity contribution >= 4 is 6.21 Å². The van der Waals surface area contributed by atoms with Crippen molar-refractivity contribution in [1.29, 1.82) is 0 Å². The van der Waals surface area contributed by atoms with E-state index in [0.717, 1.165) is 16.7 Å². The van der Waals surface area contributed by atoms with Gasteiger partial charge in [-0.25, -0.2) is 0 Å². The number of hydrogen-bond acceptors (Lipinski definition) is 4. The second-order valence-electron chi connectivity index (χ2n) is 7.62. The summed E-state index contributed by atoms with van der Waals surface area (Å²) in [5, 5.41) is 10.6. The van der Waals surface area contributed by atoms with Gasteiger partial charge in [-0.1, -0.05) is 91.0 Å². The van der Waals surface area contributed by atoms with Crippen molar-refractivity contribution in [2.75, 3.05) is 6.61 Å². The van der Waals surface area contributed by atoms with Crippen molar-refractivity contribution in [3.05, 3.63) is 108 Å². The highest BCUT2D eigenvalue weighted by atomic mass is 16.6. The maximum atomic E-state index is 10.6. The molecule has 160 valence electrons. The third kappa shape index (κ3) is 6.01. The van der Waals surface area contributed by atoms with Gasteiger partial charge in [0, 0.05) is 0 Å². The van der Waals surface area contributed by atoms with Crippen LogP contribution in [0.25, 0.3) is 0 Å². The Morgan fingerprint density at radius 2 is 1.13 bits per heavy atom. The molecular weight excluding hydrogens is 390 g/mol. The SMILES string of the molecule is O[N+]1=C[C@H](OCc2ccccc2)[C@@H](OCc2ccccc2)[C@H]1COCc1ccccc1. The van der Waals surface area contributed by atoms with Crippen molar-refractivity contribution in [3.63, 3.8) is 0 Å². The molecule has 31 heavy (non-hydrogen) atoms. The van der Waals surface area contributed by atoms with Crippen LogP contribution in [0.1, 0.15) is 16.7 Å². The molecule has 5 heteroatoms. The topological polar surface area (TPSA) is 50.9 Å². The minimum Gasteiger partial charge on any atom is -0.370 e. The molecule has 3 atom stereocenters. The van der Waals surface area contributed by atoms with Gasteiger partial charge < -0.3 is 14.2 Å². The third-order valence-corrected chi connectivity index (χ3v) is 5.31. The molecule has 0 fully saturated rings. The average molecular weight is 419 g/mol. The van der Waals surface area contributed by atoms with Crippen LogP contribution in [-0.2, 0) is 34.0 Å². The van der Waals surface area contributed by atoms with Gasteiger partial charge in [-0.2, -0.15) is 0 Å². The quantitative estimate of drug-likeness (QED) is 0.396. The van der Waals surface area contributed by atoms with E-state index in [4.69, 9.17) is 14.2 Å². The summed E-state index contributed by atoms with van der Waals surface area (Å²) in [6, 6.07) is 29.6. The summed E-state index contributed by atoms with van der Waals surface area (Å²) in [6.45, 7) is 1.69. The predicted octanol–water partition coefficient (Wildman–Crippen LogP) is 4.23. The van der Waals surface area contributed by atoms with Gasteiger partial charge >= 0.3 is 0 Å². The molecule has 0 unspecified atom stereocenters. The molecule has 3 aromatic rings. The Morgan fingerprint density at radius 1 is 0.645 bits per heavy atom. The summed E-state index contributed by atoms with van der Waals surface area (Å²) >= 11 is 0. The van der Waals surface area contributed by atoms with Crippen LogP contribution in [-0.4, -0.2) is 41.0 Å². The fraction of sp³-hybridized carbons (Fsp3) is 0.269. The van der Waals surface area contributed by atoms with Gasteiger partial charge in [0.25, 0.3) is 6.04 Å². The van der Waals surface area contributed by atoms with Gasteiger partial charge in [0.2, 0.25) is 6.21 Å². The highest BCUT2D eigenvalue weighted by Crippen LogP contribution is 2.20. The molecule has 1 N–H and O–H groups in total. The van der Waals surface area contributed by atoms with Gasteiger partial charge in [0.1, 0.15) is 6.61 Å². The molecular formula is C26H28NO4+. The first kappa shape index (κ1) is 21.2. The molecule has 5 nitrogen and oxygen atoms in total. The Balaban J connectivity index is 1.40. The molecule has 0 aliphatic carbocycles. The second-order valence-corrected chi connectivity index (χ2v) is 7.62. The predicted molar refractivity (Wildman–Crippen MR) is 118 cm³/mol. The van der Waals surface area contributed by atoms with E-state index >= 15 is 0 Å². The maximum Gasteiger partial charge on any atom is 0.253 e. The van der Waals surface area contributed by atoms with Crippen LogP contribution in [0.15, 0.2) is 91.0 Å². The zero-order chi connectivity index (χ0) is 21.3. The lowest BCUT2D eigenvalue weighted by atomic mass is 10.1. The van der Waals surface area contributed by atoms with E-state index in [2.05, 4.69) is 0 Å². The van der Waals surface area contributed by atoms with Gasteiger partial charge in [-0.3, -0.25) is 5.21 Å². The van der Waals surface area contributed by atoms with E-state index in [9.17, 15) is 5.21 Å². The second kappa shape index (κ2) is 10.9. The fourth-order valence-corrected chi connectivity index (χ4v) is 3.64. The fourth-order valence-electron chi connectivity index (χ4n) is 3.64. The highest BCUT2D eigenvalue weighted by Gasteiger charge is 2.47. The first-order chi connectivity index (χ1) is 15.3. The van der Waals surface area contributed by atoms with Gasteiger partial charge in [-0.15, -0.1) is 0 Å². The van der Waals surface area contributed by atoms with Crippen LogP contribution in [0.5, 0.6) is 0 Å². The van der Waals surface area contributed by atoms with Gasteiger partial charge in [-0.05, 0) is 21.4 Å². The number of hydrogen-bond donors (Lipinski definition) is 1. The van der Waals surface area contributed by atoms with Gasteiger partial charge in [0.05, 0.1) is 19.8 Å². The Kier molecular flexibility index (Phi) is 7.45. The van der Waals surface area contributed by atoms with Crippen LogP contribution in [0.2, 0.25) is 0 Å². The molecule has 0 radical (unpaired) electrons. The van der Waals surface area contributed by atoms with Gasteiger partial charge in [0.15, 0.2) is 12.2 Å². The summed E-state index contributed by atoms with van der Waals surface area (Å²) < 4.78 is 19.4. The summed E-state index contributed by atoms with van der Waals surface area (Å²) in [7, 11) is 0. The Labute approximate surface area is 183 Å². The lowest BCUT2D eigenvalue weighted by molar-refractivity contribution is -0.795. The normalized spacial score (nSPS) is 20.5. The first-order valence-corrected chi connectivity index (χ1v) is 10.5. The smallest absolute Gasteiger partial charge is 0.253 e. The molecule has 0 bridgehead atoms. The summed E-state index contributed by atoms with van der Waals surface area (Å²) in [6.07, 6.45) is 0.943. The van der Waals surface area contributed by atoms with E-state index in [1.165, 1.54) is 4.74 Å². The minimum atomic E-state index is -0.376. The first-order valence-electron chi connectivity index (χ1n) is 10.5. The molecule has 3 aromatic carbocycles. The monoisotopic (exact) mass is 418 g/mol. The van der Waals surface area contributed by atoms with Crippen LogP contribution in [0, 0.1) is 0 Å². The maximum absolute atomic E-state index is 10.6. The van der Waals surface area contributed by atoms with E-state index < -0.39 is 0 Å². The van der Waals surface area contributed by atoms with Crippen molar-refractivity contribution in [3.8, 4) is 0 Å². The van der Waals surface area contributed by atoms with Crippen molar-refractivity contribution in [2.45, 2.75) is 38.1 Å². The Bertz CT molecular complexity index is 947.